The van der Waals surface area contributed by atoms with Crippen LogP contribution in [0.5, 0.6) is 0 Å². The fraction of sp³-hybridized carbons (Fsp3) is 0.700. The highest BCUT2D eigenvalue weighted by atomic mass is 127. The summed E-state index contributed by atoms with van der Waals surface area (Å²) in [5.74, 6) is 2.85. The number of aromatic nitrogens is 1. The van der Waals surface area contributed by atoms with Gasteiger partial charge >= 0.3 is 0 Å². The number of pyridine rings is 1. The van der Waals surface area contributed by atoms with Gasteiger partial charge in [-0.3, -0.25) is 4.99 Å². The monoisotopic (exact) mass is 486 g/mol. The number of nitrogens with one attached hydrogen (secondary N) is 2. The summed E-state index contributed by atoms with van der Waals surface area (Å²) in [6.07, 6.45) is 7.08. The fourth-order valence-corrected chi connectivity index (χ4v) is 3.72. The maximum absolute atomic E-state index is 4.66. The number of hydrogen-bond donors (Lipinski definition) is 2. The minimum absolute atomic E-state index is 0. The van der Waals surface area contributed by atoms with Crippen LogP contribution in [0.2, 0.25) is 0 Å². The Bertz CT molecular complexity index is 575. The number of piperazine rings is 1. The summed E-state index contributed by atoms with van der Waals surface area (Å²) in [5, 5.41) is 7.00. The van der Waals surface area contributed by atoms with Crippen LogP contribution in [0.4, 0.5) is 5.82 Å². The molecular weight excluding hydrogens is 451 g/mol. The van der Waals surface area contributed by atoms with Gasteiger partial charge in [-0.15, -0.1) is 24.0 Å². The van der Waals surface area contributed by atoms with E-state index < -0.39 is 0 Å². The van der Waals surface area contributed by atoms with Crippen LogP contribution in [-0.4, -0.2) is 62.2 Å². The lowest BCUT2D eigenvalue weighted by Crippen LogP contribution is -2.45. The summed E-state index contributed by atoms with van der Waals surface area (Å²) in [5.41, 5.74) is 1.18. The molecule has 27 heavy (non-hydrogen) atoms. The predicted octanol–water partition coefficient (Wildman–Crippen LogP) is 2.70. The Morgan fingerprint density at radius 1 is 1.15 bits per heavy atom. The quantitative estimate of drug-likeness (QED) is 0.390. The first-order valence-corrected chi connectivity index (χ1v) is 9.99. The molecule has 1 saturated heterocycles. The Morgan fingerprint density at radius 2 is 1.85 bits per heavy atom. The number of hydrogen-bond acceptors (Lipinski definition) is 4. The van der Waals surface area contributed by atoms with Crippen molar-refractivity contribution in [1.82, 2.24) is 20.5 Å². The van der Waals surface area contributed by atoms with Gasteiger partial charge in [0.15, 0.2) is 5.96 Å². The lowest BCUT2D eigenvalue weighted by Gasteiger charge is -2.33. The van der Waals surface area contributed by atoms with Crippen LogP contribution in [0.25, 0.3) is 0 Å². The maximum atomic E-state index is 4.66. The van der Waals surface area contributed by atoms with Crippen LogP contribution in [0.3, 0.4) is 0 Å². The molecule has 2 fully saturated rings. The van der Waals surface area contributed by atoms with Crippen molar-refractivity contribution in [3.05, 3.63) is 23.9 Å². The number of guanidine groups is 1. The molecule has 2 aliphatic rings. The van der Waals surface area contributed by atoms with Gasteiger partial charge in [-0.25, -0.2) is 4.98 Å². The van der Waals surface area contributed by atoms with E-state index in [0.29, 0.717) is 6.04 Å². The molecule has 2 N–H and O–H groups in total. The van der Waals surface area contributed by atoms with Crippen LogP contribution in [0, 0.1) is 5.92 Å². The van der Waals surface area contributed by atoms with E-state index in [4.69, 9.17) is 0 Å². The van der Waals surface area contributed by atoms with Crippen molar-refractivity contribution in [3.63, 3.8) is 0 Å². The Morgan fingerprint density at radius 3 is 2.44 bits per heavy atom. The highest BCUT2D eigenvalue weighted by molar-refractivity contribution is 14.0. The van der Waals surface area contributed by atoms with Crippen molar-refractivity contribution in [2.75, 3.05) is 45.2 Å². The number of aliphatic imine (C=N–C) groups is 1. The van der Waals surface area contributed by atoms with Crippen molar-refractivity contribution in [1.29, 1.82) is 0 Å². The summed E-state index contributed by atoms with van der Waals surface area (Å²) >= 11 is 0. The molecule has 0 spiro atoms. The molecule has 7 heteroatoms. The molecule has 0 atom stereocenters. The van der Waals surface area contributed by atoms with E-state index in [0.717, 1.165) is 50.4 Å². The second kappa shape index (κ2) is 11.0. The molecule has 0 amide bonds. The average molecular weight is 486 g/mol. The molecule has 1 aromatic rings. The molecule has 0 aromatic carbocycles. The first-order chi connectivity index (χ1) is 12.6. The third kappa shape index (κ3) is 6.78. The minimum atomic E-state index is 0. The van der Waals surface area contributed by atoms with Crippen LogP contribution in [0.1, 0.15) is 38.2 Å². The number of rotatable bonds is 4. The first kappa shape index (κ1) is 22.2. The molecule has 152 valence electrons. The highest BCUT2D eigenvalue weighted by Gasteiger charge is 2.19. The van der Waals surface area contributed by atoms with Gasteiger partial charge in [-0.2, -0.15) is 0 Å². The Hall–Kier alpha value is -1.09. The lowest BCUT2D eigenvalue weighted by molar-refractivity contribution is 0.312. The maximum Gasteiger partial charge on any atom is 0.191 e. The fourth-order valence-electron chi connectivity index (χ4n) is 3.72. The van der Waals surface area contributed by atoms with E-state index in [-0.39, 0.29) is 24.0 Å². The first-order valence-electron chi connectivity index (χ1n) is 9.99. The van der Waals surface area contributed by atoms with Crippen molar-refractivity contribution in [2.45, 2.75) is 45.2 Å². The zero-order valence-corrected chi connectivity index (χ0v) is 19.3. The zero-order valence-electron chi connectivity index (χ0n) is 16.9. The lowest BCUT2D eigenvalue weighted by atomic mass is 9.87. The minimum Gasteiger partial charge on any atom is -0.354 e. The van der Waals surface area contributed by atoms with Gasteiger partial charge < -0.3 is 20.4 Å². The molecule has 6 nitrogen and oxygen atoms in total. The molecule has 1 aromatic heterocycles. The summed E-state index contributed by atoms with van der Waals surface area (Å²) in [4.78, 5) is 13.8. The summed E-state index contributed by atoms with van der Waals surface area (Å²) in [6, 6.07) is 4.86. The third-order valence-electron chi connectivity index (χ3n) is 5.68. The van der Waals surface area contributed by atoms with Crippen molar-refractivity contribution in [3.8, 4) is 0 Å². The van der Waals surface area contributed by atoms with Crippen molar-refractivity contribution in [2.24, 2.45) is 10.9 Å². The molecule has 3 rings (SSSR count). The Labute approximate surface area is 181 Å². The average Bonchev–Trinajstić information content (AvgIpc) is 2.68. The second-order valence-corrected chi connectivity index (χ2v) is 7.84. The standard InChI is InChI=1S/C20H34N6.HI/c1-16-4-7-18(8-5-16)24-20(21-2)23-15-17-6-9-19(22-14-17)26-12-10-25(3)11-13-26;/h6,9,14,16,18H,4-5,7-8,10-13,15H2,1-3H3,(H2,21,23,24);1H. The smallest absolute Gasteiger partial charge is 0.191 e. The Balaban J connectivity index is 0.00000261. The molecule has 1 aliphatic heterocycles. The number of halogens is 1. The van der Waals surface area contributed by atoms with Crippen LogP contribution >= 0.6 is 24.0 Å². The van der Waals surface area contributed by atoms with Crippen molar-refractivity contribution < 1.29 is 0 Å². The van der Waals surface area contributed by atoms with E-state index in [9.17, 15) is 0 Å². The Kier molecular flexibility index (Phi) is 9.08. The molecule has 0 unspecified atom stereocenters. The summed E-state index contributed by atoms with van der Waals surface area (Å²) in [6.45, 7) is 7.41. The molecular formula is C20H35IN6. The van der Waals surface area contributed by atoms with Crippen LogP contribution < -0.4 is 15.5 Å². The molecule has 1 aliphatic carbocycles. The van der Waals surface area contributed by atoms with Crippen LogP contribution in [0.15, 0.2) is 23.3 Å². The molecule has 1 saturated carbocycles. The number of likely N-dealkylation sites (N-methyl/N-ethyl adjacent to an activating group) is 1. The molecule has 0 radical (unpaired) electrons. The van der Waals surface area contributed by atoms with Gasteiger partial charge in [0, 0.05) is 52.0 Å². The van der Waals surface area contributed by atoms with Crippen molar-refractivity contribution >= 4 is 35.8 Å². The van der Waals surface area contributed by atoms with E-state index >= 15 is 0 Å². The van der Waals surface area contributed by atoms with Gasteiger partial charge in [-0.05, 0) is 50.3 Å². The molecule has 2 heterocycles. The highest BCUT2D eigenvalue weighted by Crippen LogP contribution is 2.23. The summed E-state index contributed by atoms with van der Waals surface area (Å²) < 4.78 is 0. The van der Waals surface area contributed by atoms with Gasteiger partial charge in [-0.1, -0.05) is 13.0 Å². The van der Waals surface area contributed by atoms with Gasteiger partial charge in [0.25, 0.3) is 0 Å². The molecule has 0 bridgehead atoms. The van der Waals surface area contributed by atoms with E-state index in [1.165, 1.54) is 31.2 Å². The van der Waals surface area contributed by atoms with E-state index in [1.807, 2.05) is 13.2 Å². The number of anilines is 1. The predicted molar refractivity (Wildman–Crippen MR) is 124 cm³/mol. The van der Waals surface area contributed by atoms with Gasteiger partial charge in [0.05, 0.1) is 0 Å². The largest absolute Gasteiger partial charge is 0.354 e. The zero-order chi connectivity index (χ0) is 18.4. The van der Waals surface area contributed by atoms with Crippen LogP contribution in [-0.2, 0) is 6.54 Å². The summed E-state index contributed by atoms with van der Waals surface area (Å²) in [7, 11) is 4.02. The van der Waals surface area contributed by atoms with Gasteiger partial charge in [0.1, 0.15) is 5.82 Å². The van der Waals surface area contributed by atoms with E-state index in [2.05, 4.69) is 56.5 Å². The topological polar surface area (TPSA) is 55.8 Å². The SMILES string of the molecule is CN=C(NCc1ccc(N2CCN(C)CC2)nc1)NC1CCC(C)CC1.I. The third-order valence-corrected chi connectivity index (χ3v) is 5.68. The normalized spacial score (nSPS) is 24.3. The number of nitrogens with zero attached hydrogens (tertiary/aromatic N) is 4. The van der Waals surface area contributed by atoms with Gasteiger partial charge in [0.2, 0.25) is 0 Å². The second-order valence-electron chi connectivity index (χ2n) is 7.84. The van der Waals surface area contributed by atoms with E-state index in [1.54, 1.807) is 0 Å².